The SMILES string of the molecule is CCOc1ccc([C@H](C(=O)NC2CCCC2)N(C(=O)c2ccco2)C2CC2)cc1. The van der Waals surface area contributed by atoms with Gasteiger partial charge in [0.2, 0.25) is 5.91 Å². The first-order valence-electron chi connectivity index (χ1n) is 10.6. The maximum atomic E-state index is 13.4. The van der Waals surface area contributed by atoms with Crippen LogP contribution in [0.2, 0.25) is 0 Å². The summed E-state index contributed by atoms with van der Waals surface area (Å²) in [6, 6.07) is 10.4. The largest absolute Gasteiger partial charge is 0.494 e. The number of carbonyl (C=O) groups excluding carboxylic acids is 2. The predicted molar refractivity (Wildman–Crippen MR) is 109 cm³/mol. The lowest BCUT2D eigenvalue weighted by Gasteiger charge is -2.32. The van der Waals surface area contributed by atoms with Gasteiger partial charge in [-0.05, 0) is 62.4 Å². The van der Waals surface area contributed by atoms with Crippen LogP contribution in [-0.4, -0.2) is 35.4 Å². The normalized spacial score (nSPS) is 17.7. The van der Waals surface area contributed by atoms with Gasteiger partial charge in [-0.2, -0.15) is 0 Å². The average Bonchev–Trinajstić information content (AvgIpc) is 3.18. The van der Waals surface area contributed by atoms with E-state index in [-0.39, 0.29) is 29.7 Å². The molecule has 29 heavy (non-hydrogen) atoms. The van der Waals surface area contributed by atoms with Crippen LogP contribution in [0.3, 0.4) is 0 Å². The van der Waals surface area contributed by atoms with Crippen LogP contribution < -0.4 is 10.1 Å². The van der Waals surface area contributed by atoms with Crippen LogP contribution in [0.5, 0.6) is 5.75 Å². The van der Waals surface area contributed by atoms with E-state index in [1.165, 1.54) is 6.26 Å². The third-order valence-electron chi connectivity index (χ3n) is 5.64. The highest BCUT2D eigenvalue weighted by atomic mass is 16.5. The fourth-order valence-corrected chi connectivity index (χ4v) is 4.08. The Labute approximate surface area is 171 Å². The summed E-state index contributed by atoms with van der Waals surface area (Å²) in [5.41, 5.74) is 0.788. The second-order valence-corrected chi connectivity index (χ2v) is 7.82. The Hall–Kier alpha value is -2.76. The minimum absolute atomic E-state index is 0.0542. The van der Waals surface area contributed by atoms with Crippen LogP contribution in [0.25, 0.3) is 0 Å². The van der Waals surface area contributed by atoms with E-state index in [0.717, 1.165) is 49.8 Å². The van der Waals surface area contributed by atoms with Crippen LogP contribution in [0.15, 0.2) is 47.1 Å². The van der Waals surface area contributed by atoms with E-state index >= 15 is 0 Å². The molecule has 2 aliphatic carbocycles. The molecular weight excluding hydrogens is 368 g/mol. The monoisotopic (exact) mass is 396 g/mol. The Morgan fingerprint density at radius 2 is 1.86 bits per heavy atom. The van der Waals surface area contributed by atoms with Gasteiger partial charge in [0.15, 0.2) is 5.76 Å². The molecule has 6 nitrogen and oxygen atoms in total. The van der Waals surface area contributed by atoms with Gasteiger partial charge in [0.25, 0.3) is 5.91 Å². The Bertz CT molecular complexity index is 821. The Kier molecular flexibility index (Phi) is 5.88. The molecule has 1 atom stereocenters. The summed E-state index contributed by atoms with van der Waals surface area (Å²) in [5.74, 6) is 0.661. The van der Waals surface area contributed by atoms with Crippen molar-refractivity contribution >= 4 is 11.8 Å². The number of nitrogens with one attached hydrogen (secondary N) is 1. The third kappa shape index (κ3) is 4.47. The van der Waals surface area contributed by atoms with Crippen LogP contribution in [0.1, 0.15) is 67.6 Å². The van der Waals surface area contributed by atoms with Gasteiger partial charge in [-0.15, -0.1) is 0 Å². The van der Waals surface area contributed by atoms with E-state index in [0.29, 0.717) is 6.61 Å². The van der Waals surface area contributed by atoms with Gasteiger partial charge in [0, 0.05) is 12.1 Å². The molecule has 1 heterocycles. The molecule has 2 fully saturated rings. The predicted octanol–water partition coefficient (Wildman–Crippen LogP) is 4.08. The average molecular weight is 396 g/mol. The maximum absolute atomic E-state index is 13.4. The fourth-order valence-electron chi connectivity index (χ4n) is 4.08. The van der Waals surface area contributed by atoms with Crippen molar-refractivity contribution in [2.45, 2.75) is 63.6 Å². The Balaban J connectivity index is 1.65. The van der Waals surface area contributed by atoms with Gasteiger partial charge in [-0.25, -0.2) is 0 Å². The Morgan fingerprint density at radius 1 is 1.14 bits per heavy atom. The molecule has 1 aromatic heterocycles. The summed E-state index contributed by atoms with van der Waals surface area (Å²) in [6.45, 7) is 2.51. The number of amides is 2. The van der Waals surface area contributed by atoms with Crippen LogP contribution >= 0.6 is 0 Å². The van der Waals surface area contributed by atoms with E-state index in [4.69, 9.17) is 9.15 Å². The topological polar surface area (TPSA) is 71.8 Å². The number of hydrogen-bond acceptors (Lipinski definition) is 4. The number of nitrogens with zero attached hydrogens (tertiary/aromatic N) is 1. The first-order valence-corrected chi connectivity index (χ1v) is 10.6. The first-order chi connectivity index (χ1) is 14.2. The lowest BCUT2D eigenvalue weighted by Crippen LogP contribution is -2.47. The summed E-state index contributed by atoms with van der Waals surface area (Å²) in [6.07, 6.45) is 7.55. The molecular formula is C23H28N2O4. The first kappa shape index (κ1) is 19.6. The molecule has 0 radical (unpaired) electrons. The quantitative estimate of drug-likeness (QED) is 0.730. The number of rotatable bonds is 8. The number of hydrogen-bond donors (Lipinski definition) is 1. The van der Waals surface area contributed by atoms with E-state index in [9.17, 15) is 9.59 Å². The van der Waals surface area contributed by atoms with E-state index in [2.05, 4.69) is 5.32 Å². The fraction of sp³-hybridized carbons (Fsp3) is 0.478. The number of furan rings is 1. The molecule has 6 heteroatoms. The van der Waals surface area contributed by atoms with Gasteiger partial charge in [-0.3, -0.25) is 9.59 Å². The molecule has 0 unspecified atom stereocenters. The zero-order valence-corrected chi connectivity index (χ0v) is 16.8. The van der Waals surface area contributed by atoms with Crippen LogP contribution in [0, 0.1) is 0 Å². The zero-order chi connectivity index (χ0) is 20.2. The molecule has 0 bridgehead atoms. The minimum atomic E-state index is -0.684. The van der Waals surface area contributed by atoms with Crippen LogP contribution in [0.4, 0.5) is 0 Å². The maximum Gasteiger partial charge on any atom is 0.290 e. The molecule has 2 saturated carbocycles. The van der Waals surface area contributed by atoms with E-state index < -0.39 is 6.04 Å². The van der Waals surface area contributed by atoms with Crippen molar-refractivity contribution in [1.82, 2.24) is 10.2 Å². The summed E-state index contributed by atoms with van der Waals surface area (Å²) in [5, 5.41) is 3.19. The van der Waals surface area contributed by atoms with Crippen molar-refractivity contribution in [2.24, 2.45) is 0 Å². The number of benzene rings is 1. The molecule has 0 spiro atoms. The molecule has 0 saturated heterocycles. The van der Waals surface area contributed by atoms with Crippen molar-refractivity contribution in [1.29, 1.82) is 0 Å². The summed E-state index contributed by atoms with van der Waals surface area (Å²) < 4.78 is 10.9. The zero-order valence-electron chi connectivity index (χ0n) is 16.8. The highest BCUT2D eigenvalue weighted by Crippen LogP contribution is 2.37. The number of carbonyl (C=O) groups is 2. The van der Waals surface area contributed by atoms with Gasteiger partial charge < -0.3 is 19.4 Å². The second kappa shape index (κ2) is 8.72. The number of ether oxygens (including phenoxy) is 1. The summed E-state index contributed by atoms with van der Waals surface area (Å²) >= 11 is 0. The van der Waals surface area contributed by atoms with Gasteiger partial charge in [0.05, 0.1) is 12.9 Å². The van der Waals surface area contributed by atoms with Gasteiger partial charge in [-0.1, -0.05) is 25.0 Å². The molecule has 2 aliphatic rings. The summed E-state index contributed by atoms with van der Waals surface area (Å²) in [4.78, 5) is 28.3. The van der Waals surface area contributed by atoms with Gasteiger partial charge in [0.1, 0.15) is 11.8 Å². The molecule has 2 aromatic rings. The van der Waals surface area contributed by atoms with Crippen molar-refractivity contribution < 1.29 is 18.7 Å². The molecule has 4 rings (SSSR count). The third-order valence-corrected chi connectivity index (χ3v) is 5.64. The van der Waals surface area contributed by atoms with E-state index in [1.807, 2.05) is 31.2 Å². The molecule has 0 aliphatic heterocycles. The molecule has 1 aromatic carbocycles. The highest BCUT2D eigenvalue weighted by Gasteiger charge is 2.43. The molecule has 2 amide bonds. The molecule has 154 valence electrons. The molecule has 1 N–H and O–H groups in total. The van der Waals surface area contributed by atoms with Crippen molar-refractivity contribution in [3.63, 3.8) is 0 Å². The Morgan fingerprint density at radius 3 is 2.45 bits per heavy atom. The highest BCUT2D eigenvalue weighted by molar-refractivity contribution is 5.96. The lowest BCUT2D eigenvalue weighted by atomic mass is 10.0. The second-order valence-electron chi connectivity index (χ2n) is 7.82. The van der Waals surface area contributed by atoms with Gasteiger partial charge >= 0.3 is 0 Å². The van der Waals surface area contributed by atoms with Crippen LogP contribution in [-0.2, 0) is 4.79 Å². The minimum Gasteiger partial charge on any atom is -0.494 e. The smallest absolute Gasteiger partial charge is 0.290 e. The van der Waals surface area contributed by atoms with Crippen molar-refractivity contribution in [3.8, 4) is 5.75 Å². The van der Waals surface area contributed by atoms with E-state index in [1.54, 1.807) is 17.0 Å². The van der Waals surface area contributed by atoms with Crippen molar-refractivity contribution in [3.05, 3.63) is 54.0 Å². The standard InChI is InChI=1S/C23H28N2O4/c1-2-28-19-13-9-16(10-14-19)21(22(26)24-17-6-3-4-7-17)25(18-11-12-18)23(27)20-8-5-15-29-20/h5,8-10,13-15,17-18,21H,2-4,6-7,11-12H2,1H3,(H,24,26)/t21-/m1/s1. The lowest BCUT2D eigenvalue weighted by molar-refractivity contribution is -0.126. The van der Waals surface area contributed by atoms with Crippen molar-refractivity contribution in [2.75, 3.05) is 6.61 Å². The summed E-state index contributed by atoms with van der Waals surface area (Å²) in [7, 11) is 0.